The van der Waals surface area contributed by atoms with Crippen LogP contribution in [0.25, 0.3) is 0 Å². The van der Waals surface area contributed by atoms with E-state index in [2.05, 4.69) is 24.4 Å². The van der Waals surface area contributed by atoms with E-state index in [-0.39, 0.29) is 11.8 Å². The molecule has 0 saturated carbocycles. The molecule has 2 aromatic rings. The molecule has 0 fully saturated rings. The van der Waals surface area contributed by atoms with Crippen molar-refractivity contribution in [1.82, 2.24) is 5.32 Å². The van der Waals surface area contributed by atoms with Crippen molar-refractivity contribution in [2.75, 3.05) is 13.7 Å². The summed E-state index contributed by atoms with van der Waals surface area (Å²) in [6, 6.07) is 17.4. The van der Waals surface area contributed by atoms with Gasteiger partial charge in [-0.05, 0) is 42.2 Å². The maximum atomic E-state index is 12.4. The van der Waals surface area contributed by atoms with Gasteiger partial charge in [-0.1, -0.05) is 44.2 Å². The van der Waals surface area contributed by atoms with Gasteiger partial charge in [0.2, 0.25) is 0 Å². The smallest absolute Gasteiger partial charge is 0.261 e. The minimum absolute atomic E-state index is 0.0869. The van der Waals surface area contributed by atoms with E-state index in [1.54, 1.807) is 19.2 Å². The molecule has 128 valence electrons. The Morgan fingerprint density at radius 2 is 1.67 bits per heavy atom. The molecule has 0 radical (unpaired) electrons. The zero-order valence-electron chi connectivity index (χ0n) is 14.5. The van der Waals surface area contributed by atoms with E-state index in [4.69, 9.17) is 9.47 Å². The lowest BCUT2D eigenvalue weighted by Crippen LogP contribution is -2.39. The number of hydrogen-bond acceptors (Lipinski definition) is 3. The van der Waals surface area contributed by atoms with E-state index in [1.807, 2.05) is 37.3 Å². The summed E-state index contributed by atoms with van der Waals surface area (Å²) in [5, 5.41) is 2.99. The third kappa shape index (κ3) is 5.01. The van der Waals surface area contributed by atoms with E-state index in [9.17, 15) is 4.79 Å². The quantitative estimate of drug-likeness (QED) is 0.803. The maximum Gasteiger partial charge on any atom is 0.261 e. The predicted octanol–water partition coefficient (Wildman–Crippen LogP) is 3.77. The zero-order chi connectivity index (χ0) is 17.4. The van der Waals surface area contributed by atoms with E-state index >= 15 is 0 Å². The zero-order valence-corrected chi connectivity index (χ0v) is 14.5. The highest BCUT2D eigenvalue weighted by atomic mass is 16.5. The van der Waals surface area contributed by atoms with Crippen LogP contribution in [0.3, 0.4) is 0 Å². The second-order valence-corrected chi connectivity index (χ2v) is 5.75. The van der Waals surface area contributed by atoms with Crippen LogP contribution in [0.1, 0.15) is 31.7 Å². The molecule has 2 aromatic carbocycles. The van der Waals surface area contributed by atoms with Gasteiger partial charge in [0, 0.05) is 6.54 Å². The average Bonchev–Trinajstić information content (AvgIpc) is 2.65. The van der Waals surface area contributed by atoms with Crippen molar-refractivity contribution in [3.05, 3.63) is 60.2 Å². The van der Waals surface area contributed by atoms with E-state index in [0.717, 1.165) is 5.75 Å². The molecule has 0 aliphatic rings. The normalized spacial score (nSPS) is 13.0. The Morgan fingerprint density at radius 3 is 2.25 bits per heavy atom. The molecule has 2 rings (SSSR count). The number of rotatable bonds is 8. The van der Waals surface area contributed by atoms with Gasteiger partial charge in [-0.3, -0.25) is 4.79 Å². The largest absolute Gasteiger partial charge is 0.497 e. The second kappa shape index (κ2) is 8.96. The number of benzene rings is 2. The van der Waals surface area contributed by atoms with Gasteiger partial charge in [-0.25, -0.2) is 0 Å². The Labute approximate surface area is 143 Å². The van der Waals surface area contributed by atoms with Gasteiger partial charge in [0.15, 0.2) is 6.10 Å². The lowest BCUT2D eigenvalue weighted by Gasteiger charge is -2.19. The highest BCUT2D eigenvalue weighted by molar-refractivity contribution is 5.81. The highest BCUT2D eigenvalue weighted by Gasteiger charge is 2.19. The lowest BCUT2D eigenvalue weighted by atomic mass is 10.0. The van der Waals surface area contributed by atoms with E-state index < -0.39 is 6.10 Å². The van der Waals surface area contributed by atoms with Gasteiger partial charge in [-0.15, -0.1) is 0 Å². The van der Waals surface area contributed by atoms with Crippen LogP contribution in [0.15, 0.2) is 54.6 Å². The first-order valence-corrected chi connectivity index (χ1v) is 8.27. The molecular weight excluding hydrogens is 302 g/mol. The lowest BCUT2D eigenvalue weighted by molar-refractivity contribution is -0.128. The molecule has 0 aliphatic carbocycles. The molecule has 1 amide bonds. The molecule has 24 heavy (non-hydrogen) atoms. The van der Waals surface area contributed by atoms with Crippen LogP contribution in [-0.2, 0) is 4.79 Å². The molecule has 0 heterocycles. The second-order valence-electron chi connectivity index (χ2n) is 5.75. The summed E-state index contributed by atoms with van der Waals surface area (Å²) in [6.07, 6.45) is 0.110. The highest BCUT2D eigenvalue weighted by Crippen LogP contribution is 2.19. The summed E-state index contributed by atoms with van der Waals surface area (Å²) < 4.78 is 10.9. The van der Waals surface area contributed by atoms with Gasteiger partial charge in [0.25, 0.3) is 5.91 Å². The summed E-state index contributed by atoms with van der Waals surface area (Å²) in [7, 11) is 1.62. The molecular formula is C20H25NO3. The number of nitrogens with one attached hydrogen (secondary N) is 1. The van der Waals surface area contributed by atoms with Crippen LogP contribution in [-0.4, -0.2) is 25.7 Å². The molecule has 0 bridgehead atoms. The first kappa shape index (κ1) is 17.9. The summed E-state index contributed by atoms with van der Waals surface area (Å²) in [4.78, 5) is 12.4. The first-order chi connectivity index (χ1) is 11.6. The van der Waals surface area contributed by atoms with Crippen LogP contribution in [0.5, 0.6) is 11.5 Å². The van der Waals surface area contributed by atoms with Crippen molar-refractivity contribution >= 4 is 5.91 Å². The van der Waals surface area contributed by atoms with Gasteiger partial charge in [0.1, 0.15) is 11.5 Å². The molecule has 2 atom stereocenters. The average molecular weight is 327 g/mol. The fourth-order valence-corrected chi connectivity index (χ4v) is 2.41. The Morgan fingerprint density at radius 1 is 1.04 bits per heavy atom. The van der Waals surface area contributed by atoms with Crippen LogP contribution >= 0.6 is 0 Å². The molecule has 0 aliphatic heterocycles. The van der Waals surface area contributed by atoms with E-state index in [0.29, 0.717) is 18.7 Å². The molecule has 4 heteroatoms. The molecule has 4 nitrogen and oxygen atoms in total. The Bertz CT molecular complexity index is 625. The molecule has 1 N–H and O–H groups in total. The monoisotopic (exact) mass is 327 g/mol. The summed E-state index contributed by atoms with van der Waals surface area (Å²) in [6.45, 7) is 4.63. The summed E-state index contributed by atoms with van der Waals surface area (Å²) in [5.41, 5.74) is 1.21. The fraction of sp³-hybridized carbons (Fsp3) is 0.350. The third-order valence-corrected chi connectivity index (χ3v) is 3.95. The Balaban J connectivity index is 1.88. The Kier molecular flexibility index (Phi) is 6.67. The van der Waals surface area contributed by atoms with Gasteiger partial charge in [0.05, 0.1) is 7.11 Å². The van der Waals surface area contributed by atoms with Crippen molar-refractivity contribution < 1.29 is 14.3 Å². The molecule has 0 aromatic heterocycles. The van der Waals surface area contributed by atoms with Crippen molar-refractivity contribution in [3.63, 3.8) is 0 Å². The standard InChI is InChI=1S/C20H25NO3/c1-4-19(24-18-12-10-17(23-3)11-13-18)20(22)21-14-15(2)16-8-6-5-7-9-16/h5-13,15,19H,4,14H2,1-3H3,(H,21,22)/t15-,19+/m0/s1. The SMILES string of the molecule is CC[C@@H](Oc1ccc(OC)cc1)C(=O)NC[C@H](C)c1ccccc1. The minimum Gasteiger partial charge on any atom is -0.497 e. The fourth-order valence-electron chi connectivity index (χ4n) is 2.41. The molecule has 0 unspecified atom stereocenters. The number of carbonyl (C=O) groups is 1. The van der Waals surface area contributed by atoms with Gasteiger partial charge < -0.3 is 14.8 Å². The van der Waals surface area contributed by atoms with Crippen molar-refractivity contribution in [2.24, 2.45) is 0 Å². The number of carbonyl (C=O) groups excluding carboxylic acids is 1. The van der Waals surface area contributed by atoms with Gasteiger partial charge in [-0.2, -0.15) is 0 Å². The van der Waals surface area contributed by atoms with Crippen LogP contribution in [0, 0.1) is 0 Å². The first-order valence-electron chi connectivity index (χ1n) is 8.27. The predicted molar refractivity (Wildman–Crippen MR) is 95.6 cm³/mol. The van der Waals surface area contributed by atoms with Crippen molar-refractivity contribution in [2.45, 2.75) is 32.3 Å². The van der Waals surface area contributed by atoms with Crippen LogP contribution < -0.4 is 14.8 Å². The Hall–Kier alpha value is -2.49. The number of amides is 1. The maximum absolute atomic E-state index is 12.4. The summed E-state index contributed by atoms with van der Waals surface area (Å²) >= 11 is 0. The minimum atomic E-state index is -0.499. The van der Waals surface area contributed by atoms with Gasteiger partial charge >= 0.3 is 0 Å². The van der Waals surface area contributed by atoms with Crippen molar-refractivity contribution in [1.29, 1.82) is 0 Å². The van der Waals surface area contributed by atoms with Crippen molar-refractivity contribution in [3.8, 4) is 11.5 Å². The molecule has 0 spiro atoms. The van der Waals surface area contributed by atoms with Crippen LogP contribution in [0.4, 0.5) is 0 Å². The van der Waals surface area contributed by atoms with Crippen LogP contribution in [0.2, 0.25) is 0 Å². The topological polar surface area (TPSA) is 47.6 Å². The molecule has 0 saturated heterocycles. The third-order valence-electron chi connectivity index (χ3n) is 3.95. The summed E-state index contributed by atoms with van der Waals surface area (Å²) in [5.74, 6) is 1.59. The number of methoxy groups -OCH3 is 1. The van der Waals surface area contributed by atoms with E-state index in [1.165, 1.54) is 5.56 Å². The number of hydrogen-bond donors (Lipinski definition) is 1. The number of ether oxygens (including phenoxy) is 2.